The Morgan fingerprint density at radius 2 is 1.76 bits per heavy atom. The zero-order valence-electron chi connectivity index (χ0n) is 25.8. The second-order valence-electron chi connectivity index (χ2n) is 12.7. The second-order valence-corrected chi connectivity index (χ2v) is 14.6. The average Bonchev–Trinajstić information content (AvgIpc) is 3.53. The van der Waals surface area contributed by atoms with Gasteiger partial charge in [-0.2, -0.15) is 0 Å². The molecule has 3 saturated heterocycles. The summed E-state index contributed by atoms with van der Waals surface area (Å²) >= 11 is 1.69. The minimum absolute atomic E-state index is 0.0558. The molecule has 0 aromatic heterocycles. The lowest BCUT2D eigenvalue weighted by atomic mass is 9.66. The summed E-state index contributed by atoms with van der Waals surface area (Å²) in [7, 11) is 0. The maximum absolute atomic E-state index is 14.6. The van der Waals surface area contributed by atoms with Crippen molar-refractivity contribution < 1.29 is 19.5 Å². The fraction of sp³-hybridized carbons (Fsp3) is 0.618. The number of hydrogen-bond donors (Lipinski definition) is 1. The first kappa shape index (κ1) is 32.3. The molecule has 0 radical (unpaired) electrons. The van der Waals surface area contributed by atoms with E-state index >= 15 is 0 Å². The first-order valence-corrected chi connectivity index (χ1v) is 16.4. The number of nitrogens with zero attached hydrogens (tertiary/aromatic N) is 3. The van der Waals surface area contributed by atoms with Gasteiger partial charge in [0.2, 0.25) is 17.7 Å². The highest BCUT2D eigenvalue weighted by molar-refractivity contribution is 8.02. The van der Waals surface area contributed by atoms with Crippen molar-refractivity contribution in [1.82, 2.24) is 14.7 Å². The molecule has 2 bridgehead atoms. The van der Waals surface area contributed by atoms with Gasteiger partial charge in [-0.15, -0.1) is 24.9 Å². The van der Waals surface area contributed by atoms with Crippen LogP contribution < -0.4 is 0 Å². The molecular weight excluding hydrogens is 546 g/mol. The molecule has 3 aliphatic heterocycles. The van der Waals surface area contributed by atoms with Crippen molar-refractivity contribution in [3.05, 3.63) is 61.2 Å². The molecule has 2 unspecified atom stereocenters. The van der Waals surface area contributed by atoms with Crippen LogP contribution in [-0.4, -0.2) is 85.3 Å². The summed E-state index contributed by atoms with van der Waals surface area (Å²) in [6, 6.07) is 8.63. The minimum atomic E-state index is -0.734. The number of aliphatic hydroxyl groups is 1. The lowest BCUT2D eigenvalue weighted by Crippen LogP contribution is -2.58. The van der Waals surface area contributed by atoms with Crippen LogP contribution >= 0.6 is 11.8 Å². The third kappa shape index (κ3) is 5.69. The van der Waals surface area contributed by atoms with Gasteiger partial charge in [0.1, 0.15) is 6.04 Å². The second kappa shape index (κ2) is 13.4. The zero-order valence-corrected chi connectivity index (χ0v) is 26.7. The Morgan fingerprint density at radius 1 is 1.10 bits per heavy atom. The van der Waals surface area contributed by atoms with Crippen molar-refractivity contribution in [3.8, 4) is 0 Å². The summed E-state index contributed by atoms with van der Waals surface area (Å²) in [5, 5.41) is 10.5. The van der Waals surface area contributed by atoms with Crippen molar-refractivity contribution in [2.75, 3.05) is 26.2 Å². The number of benzene rings is 1. The molecule has 1 aromatic rings. The summed E-state index contributed by atoms with van der Waals surface area (Å²) in [4.78, 5) is 49.1. The van der Waals surface area contributed by atoms with E-state index in [1.807, 2.05) is 49.1 Å². The van der Waals surface area contributed by atoms with Crippen LogP contribution in [0.5, 0.6) is 0 Å². The predicted molar refractivity (Wildman–Crippen MR) is 170 cm³/mol. The van der Waals surface area contributed by atoms with Crippen LogP contribution in [0, 0.1) is 17.8 Å². The van der Waals surface area contributed by atoms with E-state index in [4.69, 9.17) is 0 Å². The SMILES string of the molecule is C=CCN(CCCCC)C(=O)C1N([C@@H](CO)C(C)C)C(=O)[C@@H]2[C@@H](C(=O)N(CC=C)Cc3ccccc3)[C@@]3(C)CCC12S3. The van der Waals surface area contributed by atoms with Crippen LogP contribution in [0.1, 0.15) is 65.4 Å². The first-order valence-electron chi connectivity index (χ1n) is 15.6. The van der Waals surface area contributed by atoms with Gasteiger partial charge >= 0.3 is 0 Å². The Labute approximate surface area is 256 Å². The van der Waals surface area contributed by atoms with Crippen molar-refractivity contribution in [2.45, 2.75) is 87.9 Å². The number of hydrogen-bond acceptors (Lipinski definition) is 5. The molecule has 4 rings (SSSR count). The minimum Gasteiger partial charge on any atom is -0.394 e. The number of aliphatic hydroxyl groups excluding tert-OH is 1. The first-order chi connectivity index (χ1) is 20.1. The lowest BCUT2D eigenvalue weighted by Gasteiger charge is -2.40. The highest BCUT2D eigenvalue weighted by Crippen LogP contribution is 2.72. The van der Waals surface area contributed by atoms with Gasteiger partial charge in [0.15, 0.2) is 0 Å². The Morgan fingerprint density at radius 3 is 2.36 bits per heavy atom. The van der Waals surface area contributed by atoms with Gasteiger partial charge in [-0.05, 0) is 37.7 Å². The summed E-state index contributed by atoms with van der Waals surface area (Å²) in [5.74, 6) is -1.55. The number of unbranched alkanes of at least 4 members (excludes halogenated alkanes) is 2. The third-order valence-electron chi connectivity index (χ3n) is 9.60. The number of carbonyl (C=O) groups excluding carboxylic acids is 3. The number of carbonyl (C=O) groups is 3. The lowest BCUT2D eigenvalue weighted by molar-refractivity contribution is -0.148. The molecule has 3 heterocycles. The van der Waals surface area contributed by atoms with Crippen LogP contribution in [0.25, 0.3) is 0 Å². The van der Waals surface area contributed by atoms with Gasteiger partial charge in [0, 0.05) is 30.9 Å². The average molecular weight is 596 g/mol. The van der Waals surface area contributed by atoms with Crippen molar-refractivity contribution in [3.63, 3.8) is 0 Å². The molecule has 3 fully saturated rings. The Kier molecular flexibility index (Phi) is 10.3. The van der Waals surface area contributed by atoms with Crippen LogP contribution in [0.2, 0.25) is 0 Å². The van der Waals surface area contributed by atoms with Crippen molar-refractivity contribution in [2.24, 2.45) is 17.8 Å². The Hall–Kier alpha value is -2.58. The Balaban J connectivity index is 1.77. The topological polar surface area (TPSA) is 81.2 Å². The predicted octanol–water partition coefficient (Wildman–Crippen LogP) is 4.90. The molecule has 1 N–H and O–H groups in total. The van der Waals surface area contributed by atoms with Crippen LogP contribution in [-0.2, 0) is 20.9 Å². The number of amides is 3. The molecule has 8 heteroatoms. The molecule has 42 heavy (non-hydrogen) atoms. The molecular formula is C34H49N3O4S. The van der Waals surface area contributed by atoms with E-state index in [0.717, 1.165) is 31.2 Å². The van der Waals surface area contributed by atoms with Gasteiger partial charge in [-0.1, -0.05) is 76.1 Å². The van der Waals surface area contributed by atoms with Crippen molar-refractivity contribution in [1.29, 1.82) is 0 Å². The van der Waals surface area contributed by atoms with Gasteiger partial charge in [0.25, 0.3) is 0 Å². The fourth-order valence-electron chi connectivity index (χ4n) is 7.56. The number of likely N-dealkylation sites (tertiary alicyclic amines) is 1. The van der Waals surface area contributed by atoms with E-state index < -0.39 is 33.4 Å². The van der Waals surface area contributed by atoms with Crippen LogP contribution in [0.15, 0.2) is 55.6 Å². The van der Waals surface area contributed by atoms with E-state index in [-0.39, 0.29) is 30.2 Å². The van der Waals surface area contributed by atoms with Crippen LogP contribution in [0.4, 0.5) is 0 Å². The van der Waals surface area contributed by atoms with Gasteiger partial charge in [-0.25, -0.2) is 0 Å². The largest absolute Gasteiger partial charge is 0.394 e. The number of rotatable bonds is 15. The highest BCUT2D eigenvalue weighted by Gasteiger charge is 2.78. The molecule has 3 amide bonds. The van der Waals surface area contributed by atoms with E-state index in [9.17, 15) is 19.5 Å². The maximum atomic E-state index is 14.6. The molecule has 1 aromatic carbocycles. The third-order valence-corrected chi connectivity index (χ3v) is 11.6. The molecule has 1 spiro atoms. The zero-order chi connectivity index (χ0) is 30.7. The quantitative estimate of drug-likeness (QED) is 0.230. The number of thioether (sulfide) groups is 1. The normalized spacial score (nSPS) is 28.6. The van der Waals surface area contributed by atoms with Gasteiger partial charge < -0.3 is 19.8 Å². The van der Waals surface area contributed by atoms with Gasteiger partial charge in [0.05, 0.1) is 29.2 Å². The summed E-state index contributed by atoms with van der Waals surface area (Å²) < 4.78 is -1.18. The standard InChI is InChI=1S/C34H49N3O4S/c1-7-10-14-21-35(19-8-2)32(41)29-34-18-17-33(6,42-34)27(28(34)31(40)37(29)26(23-38)24(4)5)30(39)36(20-9-3)22-25-15-12-11-13-16-25/h8-9,11-13,15-16,24,26-29,38H,2-3,7,10,14,17-23H2,1,4-6H3/t26-,27-,28-,29?,33+,34?/m0/s1. The van der Waals surface area contributed by atoms with Crippen molar-refractivity contribution >= 4 is 29.5 Å². The summed E-state index contributed by atoms with van der Waals surface area (Å²) in [5.41, 5.74) is 1.02. The monoisotopic (exact) mass is 595 g/mol. The van der Waals surface area contributed by atoms with E-state index in [1.165, 1.54) is 0 Å². The molecule has 230 valence electrons. The molecule has 0 saturated carbocycles. The smallest absolute Gasteiger partial charge is 0.247 e. The molecule has 6 atom stereocenters. The molecule has 7 nitrogen and oxygen atoms in total. The summed E-state index contributed by atoms with van der Waals surface area (Å²) in [6.45, 7) is 17.6. The maximum Gasteiger partial charge on any atom is 0.247 e. The molecule has 0 aliphatic carbocycles. The van der Waals surface area contributed by atoms with Gasteiger partial charge in [-0.3, -0.25) is 14.4 Å². The van der Waals surface area contributed by atoms with E-state index in [0.29, 0.717) is 32.6 Å². The number of fused-ring (bicyclic) bond motifs is 1. The molecule has 3 aliphatic rings. The fourth-order valence-corrected chi connectivity index (χ4v) is 9.89. The van der Waals surface area contributed by atoms with E-state index in [2.05, 4.69) is 27.0 Å². The summed E-state index contributed by atoms with van der Waals surface area (Å²) in [6.07, 6.45) is 7.85. The Bertz CT molecular complexity index is 1160. The van der Waals surface area contributed by atoms with Crippen LogP contribution in [0.3, 0.4) is 0 Å². The van der Waals surface area contributed by atoms with E-state index in [1.54, 1.807) is 33.7 Å². The highest BCUT2D eigenvalue weighted by atomic mass is 32.2.